The zero-order chi connectivity index (χ0) is 20.3. The maximum absolute atomic E-state index is 12.9. The molecule has 148 valence electrons. The van der Waals surface area contributed by atoms with Crippen LogP contribution in [-0.2, 0) is 14.8 Å². The van der Waals surface area contributed by atoms with Crippen LogP contribution < -0.4 is 5.32 Å². The number of piperidine rings is 1. The van der Waals surface area contributed by atoms with Gasteiger partial charge in [-0.15, -0.1) is 0 Å². The number of hydrogen-bond donors (Lipinski definition) is 1. The number of non-ortho nitro benzene ring substituents is 1. The summed E-state index contributed by atoms with van der Waals surface area (Å²) in [5, 5.41) is 13.8. The van der Waals surface area contributed by atoms with Crippen molar-refractivity contribution in [1.29, 1.82) is 0 Å². The van der Waals surface area contributed by atoms with E-state index in [0.29, 0.717) is 24.1 Å². The number of anilines is 1. The number of sulfonamides is 1. The first kappa shape index (κ1) is 19.9. The number of carbonyl (C=O) groups excluding carboxylic acids is 1. The lowest BCUT2D eigenvalue weighted by Crippen LogP contribution is -2.41. The Balaban J connectivity index is 1.69. The van der Waals surface area contributed by atoms with Gasteiger partial charge in [0.1, 0.15) is 0 Å². The molecule has 28 heavy (non-hydrogen) atoms. The molecule has 1 aromatic carbocycles. The third-order valence-corrected chi connectivity index (χ3v) is 6.81. The Morgan fingerprint density at radius 2 is 1.86 bits per heavy atom. The van der Waals surface area contributed by atoms with E-state index in [1.807, 2.05) is 0 Å². The molecule has 9 nitrogen and oxygen atoms in total. The lowest BCUT2D eigenvalue weighted by molar-refractivity contribution is -0.385. The number of aryl methyl sites for hydroxylation is 1. The number of carbonyl (C=O) groups is 1. The van der Waals surface area contributed by atoms with Gasteiger partial charge in [-0.25, -0.2) is 8.42 Å². The zero-order valence-electron chi connectivity index (χ0n) is 15.2. The van der Waals surface area contributed by atoms with Gasteiger partial charge in [0, 0.05) is 49.2 Å². The van der Waals surface area contributed by atoms with Crippen LogP contribution in [0.1, 0.15) is 18.4 Å². The highest BCUT2D eigenvalue weighted by molar-refractivity contribution is 7.89. The lowest BCUT2D eigenvalue weighted by Gasteiger charge is -2.30. The van der Waals surface area contributed by atoms with Gasteiger partial charge in [-0.05, 0) is 37.5 Å². The molecule has 0 bridgehead atoms. The van der Waals surface area contributed by atoms with Crippen molar-refractivity contribution in [3.8, 4) is 0 Å². The molecule has 1 saturated heterocycles. The molecular weight excluding hydrogens is 384 g/mol. The van der Waals surface area contributed by atoms with Crippen molar-refractivity contribution < 1.29 is 18.1 Å². The maximum atomic E-state index is 12.9. The second-order valence-corrected chi connectivity index (χ2v) is 8.52. The van der Waals surface area contributed by atoms with Crippen LogP contribution in [0.2, 0.25) is 0 Å². The minimum absolute atomic E-state index is 0.0682. The van der Waals surface area contributed by atoms with Crippen molar-refractivity contribution in [3.05, 3.63) is 58.4 Å². The molecule has 0 radical (unpaired) electrons. The van der Waals surface area contributed by atoms with Crippen molar-refractivity contribution in [2.24, 2.45) is 5.92 Å². The first-order chi connectivity index (χ1) is 13.3. The first-order valence-electron chi connectivity index (χ1n) is 8.75. The van der Waals surface area contributed by atoms with Crippen molar-refractivity contribution in [2.45, 2.75) is 24.7 Å². The van der Waals surface area contributed by atoms with Crippen LogP contribution in [0, 0.1) is 23.0 Å². The van der Waals surface area contributed by atoms with Gasteiger partial charge in [-0.2, -0.15) is 4.31 Å². The Labute approximate surface area is 162 Å². The van der Waals surface area contributed by atoms with Gasteiger partial charge in [0.15, 0.2) is 0 Å². The molecule has 0 atom stereocenters. The Bertz CT molecular complexity index is 986. The van der Waals surface area contributed by atoms with Gasteiger partial charge >= 0.3 is 0 Å². The summed E-state index contributed by atoms with van der Waals surface area (Å²) in [7, 11) is -3.87. The van der Waals surface area contributed by atoms with Crippen LogP contribution in [0.4, 0.5) is 11.4 Å². The summed E-state index contributed by atoms with van der Waals surface area (Å²) in [5.41, 5.74) is 0.821. The fraction of sp³-hybridized carbons (Fsp3) is 0.333. The van der Waals surface area contributed by atoms with Crippen LogP contribution in [0.15, 0.2) is 47.6 Å². The van der Waals surface area contributed by atoms with E-state index in [-0.39, 0.29) is 35.5 Å². The van der Waals surface area contributed by atoms with Crippen LogP contribution in [0.3, 0.4) is 0 Å². The zero-order valence-corrected chi connectivity index (χ0v) is 16.1. The number of nitrogens with zero attached hydrogens (tertiary/aromatic N) is 3. The molecule has 1 amide bonds. The molecule has 0 spiro atoms. The largest absolute Gasteiger partial charge is 0.326 e. The van der Waals surface area contributed by atoms with Crippen LogP contribution in [0.25, 0.3) is 0 Å². The molecule has 2 heterocycles. The highest BCUT2D eigenvalue weighted by Crippen LogP contribution is 2.28. The summed E-state index contributed by atoms with van der Waals surface area (Å²) in [6, 6.07) is 7.17. The summed E-state index contributed by atoms with van der Waals surface area (Å²) in [5.74, 6) is -0.458. The summed E-state index contributed by atoms with van der Waals surface area (Å²) >= 11 is 0. The van der Waals surface area contributed by atoms with E-state index < -0.39 is 14.9 Å². The molecular formula is C18H20N4O5S. The molecule has 1 aliphatic rings. The monoisotopic (exact) mass is 404 g/mol. The molecule has 0 aliphatic carbocycles. The predicted octanol–water partition coefficient (Wildman–Crippen LogP) is 2.34. The maximum Gasteiger partial charge on any atom is 0.270 e. The average Bonchev–Trinajstić information content (AvgIpc) is 2.69. The number of aromatic nitrogens is 1. The standard InChI is InChI=1S/C18H20N4O5S/c1-13-2-3-16(22(24)25)12-17(13)28(26,27)21-10-6-14(7-11-21)18(23)20-15-4-8-19-9-5-15/h2-5,8-9,12,14H,6-7,10-11H2,1H3,(H,19,20,23). The quantitative estimate of drug-likeness (QED) is 0.603. The van der Waals surface area contributed by atoms with E-state index in [1.54, 1.807) is 31.5 Å². The second kappa shape index (κ2) is 8.03. The third-order valence-electron chi connectivity index (χ3n) is 4.77. The van der Waals surface area contributed by atoms with Gasteiger partial charge < -0.3 is 5.32 Å². The van der Waals surface area contributed by atoms with Crippen molar-refractivity contribution in [3.63, 3.8) is 0 Å². The number of nitro benzene ring substituents is 1. The number of nitro groups is 1. The van der Waals surface area contributed by atoms with E-state index in [9.17, 15) is 23.3 Å². The van der Waals surface area contributed by atoms with Crippen molar-refractivity contribution >= 4 is 27.3 Å². The molecule has 3 rings (SSSR count). The average molecular weight is 404 g/mol. The molecule has 1 aromatic heterocycles. The fourth-order valence-electron chi connectivity index (χ4n) is 3.16. The fourth-order valence-corrected chi connectivity index (χ4v) is 4.87. The van der Waals surface area contributed by atoms with Crippen molar-refractivity contribution in [1.82, 2.24) is 9.29 Å². The van der Waals surface area contributed by atoms with Gasteiger partial charge in [-0.1, -0.05) is 6.07 Å². The molecule has 1 fully saturated rings. The molecule has 2 aromatic rings. The van der Waals surface area contributed by atoms with Crippen LogP contribution in [-0.4, -0.2) is 41.6 Å². The normalized spacial score (nSPS) is 15.9. The number of nitrogens with one attached hydrogen (secondary N) is 1. The SMILES string of the molecule is Cc1ccc([N+](=O)[O-])cc1S(=O)(=O)N1CCC(C(=O)Nc2ccncc2)CC1. The minimum atomic E-state index is -3.87. The van der Waals surface area contributed by atoms with Crippen LogP contribution >= 0.6 is 0 Å². The molecule has 1 aliphatic heterocycles. The molecule has 1 N–H and O–H groups in total. The molecule has 0 saturated carbocycles. The van der Waals surface area contributed by atoms with Gasteiger partial charge in [0.05, 0.1) is 9.82 Å². The highest BCUT2D eigenvalue weighted by atomic mass is 32.2. The summed E-state index contributed by atoms with van der Waals surface area (Å²) in [6.45, 7) is 1.96. The minimum Gasteiger partial charge on any atom is -0.326 e. The van der Waals surface area contributed by atoms with Crippen molar-refractivity contribution in [2.75, 3.05) is 18.4 Å². The molecule has 0 unspecified atom stereocenters. The lowest BCUT2D eigenvalue weighted by atomic mass is 9.97. The van der Waals surface area contributed by atoms with E-state index >= 15 is 0 Å². The second-order valence-electron chi connectivity index (χ2n) is 6.61. The van der Waals surface area contributed by atoms with Gasteiger partial charge in [0.2, 0.25) is 15.9 Å². The number of hydrogen-bond acceptors (Lipinski definition) is 6. The Morgan fingerprint density at radius 3 is 2.46 bits per heavy atom. The van der Waals surface area contributed by atoms with Gasteiger partial charge in [-0.3, -0.25) is 19.9 Å². The van der Waals surface area contributed by atoms with Crippen LogP contribution in [0.5, 0.6) is 0 Å². The Morgan fingerprint density at radius 1 is 1.21 bits per heavy atom. The van der Waals surface area contributed by atoms with E-state index in [2.05, 4.69) is 10.3 Å². The number of pyridine rings is 1. The topological polar surface area (TPSA) is 123 Å². The number of amides is 1. The van der Waals surface area contributed by atoms with E-state index in [4.69, 9.17) is 0 Å². The predicted molar refractivity (Wildman–Crippen MR) is 102 cm³/mol. The third kappa shape index (κ3) is 4.18. The summed E-state index contributed by atoms with van der Waals surface area (Å²) < 4.78 is 27.2. The van der Waals surface area contributed by atoms with E-state index in [1.165, 1.54) is 16.4 Å². The summed E-state index contributed by atoms with van der Waals surface area (Å²) in [4.78, 5) is 26.6. The Kier molecular flexibility index (Phi) is 5.71. The van der Waals surface area contributed by atoms with Gasteiger partial charge in [0.25, 0.3) is 5.69 Å². The number of rotatable bonds is 5. The highest BCUT2D eigenvalue weighted by Gasteiger charge is 2.33. The van der Waals surface area contributed by atoms with E-state index in [0.717, 1.165) is 6.07 Å². The molecule has 10 heteroatoms. The summed E-state index contributed by atoms with van der Waals surface area (Å²) in [6.07, 6.45) is 3.91. The number of benzene rings is 1. The Hall–Kier alpha value is -2.85. The first-order valence-corrected chi connectivity index (χ1v) is 10.2. The smallest absolute Gasteiger partial charge is 0.270 e.